The monoisotopic (exact) mass is 264 g/mol. The second-order valence-corrected chi connectivity index (χ2v) is 4.60. The molecule has 0 saturated heterocycles. The van der Waals surface area contributed by atoms with Crippen LogP contribution in [0.2, 0.25) is 0 Å². The van der Waals surface area contributed by atoms with Crippen molar-refractivity contribution in [3.63, 3.8) is 0 Å². The summed E-state index contributed by atoms with van der Waals surface area (Å²) in [6.45, 7) is 0.410. The number of benzene rings is 1. The van der Waals surface area contributed by atoms with Crippen molar-refractivity contribution in [2.75, 3.05) is 0 Å². The van der Waals surface area contributed by atoms with Gasteiger partial charge in [-0.3, -0.25) is 0 Å². The van der Waals surface area contributed by atoms with E-state index in [0.717, 1.165) is 33.6 Å². The van der Waals surface area contributed by atoms with Crippen LogP contribution >= 0.6 is 0 Å². The number of imidazole rings is 1. The minimum Gasteiger partial charge on any atom is -0.464 e. The van der Waals surface area contributed by atoms with Crippen molar-refractivity contribution in [2.24, 2.45) is 5.73 Å². The van der Waals surface area contributed by atoms with Gasteiger partial charge in [0.15, 0.2) is 5.65 Å². The number of fused-ring (bicyclic) bond motifs is 2. The van der Waals surface area contributed by atoms with Gasteiger partial charge in [-0.1, -0.05) is 18.2 Å². The van der Waals surface area contributed by atoms with Crippen molar-refractivity contribution in [1.29, 1.82) is 0 Å². The predicted molar refractivity (Wildman–Crippen MR) is 76.1 cm³/mol. The maximum absolute atomic E-state index is 5.60. The molecule has 0 aliphatic heterocycles. The Balaban J connectivity index is 1.93. The predicted octanol–water partition coefficient (Wildman–Crippen LogP) is 2.60. The van der Waals surface area contributed by atoms with Gasteiger partial charge in [0.1, 0.15) is 11.8 Å². The fraction of sp³-hybridized carbons (Fsp3) is 0.0667. The van der Waals surface area contributed by atoms with Crippen molar-refractivity contribution in [1.82, 2.24) is 14.6 Å². The van der Waals surface area contributed by atoms with Gasteiger partial charge in [-0.05, 0) is 18.2 Å². The van der Waals surface area contributed by atoms with Gasteiger partial charge in [0.05, 0.1) is 17.6 Å². The third-order valence-corrected chi connectivity index (χ3v) is 3.34. The zero-order valence-corrected chi connectivity index (χ0v) is 10.7. The first-order chi connectivity index (χ1) is 9.85. The van der Waals surface area contributed by atoms with E-state index in [1.807, 2.05) is 42.6 Å². The highest BCUT2D eigenvalue weighted by atomic mass is 16.3. The second kappa shape index (κ2) is 4.18. The summed E-state index contributed by atoms with van der Waals surface area (Å²) in [5.41, 5.74) is 9.91. The fourth-order valence-corrected chi connectivity index (χ4v) is 2.35. The molecule has 0 bridgehead atoms. The summed E-state index contributed by atoms with van der Waals surface area (Å²) < 4.78 is 7.31. The standard InChI is InChI=1S/C15H12N4O/c16-7-10-8-19-15(17-10)6-5-13(18-19)12-9-20-14-4-2-1-3-11(12)14/h1-6,8-9H,7,16H2. The average Bonchev–Trinajstić information content (AvgIpc) is 3.09. The lowest BCUT2D eigenvalue weighted by Crippen LogP contribution is -1.95. The third kappa shape index (κ3) is 1.60. The molecular weight excluding hydrogens is 252 g/mol. The summed E-state index contributed by atoms with van der Waals surface area (Å²) in [6, 6.07) is 11.8. The quantitative estimate of drug-likeness (QED) is 0.604. The van der Waals surface area contributed by atoms with Crippen molar-refractivity contribution < 1.29 is 4.42 Å². The summed E-state index contributed by atoms with van der Waals surface area (Å²) in [5, 5.41) is 5.63. The van der Waals surface area contributed by atoms with Crippen LogP contribution in [-0.4, -0.2) is 14.6 Å². The lowest BCUT2D eigenvalue weighted by Gasteiger charge is -1.98. The molecule has 0 amide bonds. The van der Waals surface area contributed by atoms with E-state index in [-0.39, 0.29) is 0 Å². The highest BCUT2D eigenvalue weighted by Gasteiger charge is 2.10. The molecule has 1 aromatic carbocycles. The van der Waals surface area contributed by atoms with Gasteiger partial charge in [0.2, 0.25) is 0 Å². The van der Waals surface area contributed by atoms with Crippen LogP contribution < -0.4 is 5.73 Å². The van der Waals surface area contributed by atoms with E-state index in [9.17, 15) is 0 Å². The molecule has 3 aromatic heterocycles. The normalized spacial score (nSPS) is 11.4. The Morgan fingerprint density at radius 1 is 1.15 bits per heavy atom. The Kier molecular flexibility index (Phi) is 2.34. The van der Waals surface area contributed by atoms with E-state index in [2.05, 4.69) is 10.1 Å². The molecule has 0 aliphatic rings. The zero-order valence-electron chi connectivity index (χ0n) is 10.7. The maximum atomic E-state index is 5.60. The number of hydrogen-bond donors (Lipinski definition) is 1. The van der Waals surface area contributed by atoms with Crippen molar-refractivity contribution in [2.45, 2.75) is 6.54 Å². The van der Waals surface area contributed by atoms with Gasteiger partial charge in [0, 0.05) is 17.5 Å². The number of para-hydroxylation sites is 1. The first kappa shape index (κ1) is 11.2. The van der Waals surface area contributed by atoms with Crippen LogP contribution in [0.3, 0.4) is 0 Å². The second-order valence-electron chi connectivity index (χ2n) is 4.60. The van der Waals surface area contributed by atoms with E-state index >= 15 is 0 Å². The molecule has 98 valence electrons. The smallest absolute Gasteiger partial charge is 0.153 e. The van der Waals surface area contributed by atoms with Crippen LogP contribution in [0.25, 0.3) is 27.9 Å². The number of nitrogens with two attached hydrogens (primary N) is 1. The van der Waals surface area contributed by atoms with E-state index in [0.29, 0.717) is 6.54 Å². The minimum atomic E-state index is 0.410. The Bertz CT molecular complexity index is 906. The Morgan fingerprint density at radius 2 is 2.05 bits per heavy atom. The molecule has 0 radical (unpaired) electrons. The summed E-state index contributed by atoms with van der Waals surface area (Å²) in [4.78, 5) is 4.37. The highest BCUT2D eigenvalue weighted by Crippen LogP contribution is 2.29. The van der Waals surface area contributed by atoms with Gasteiger partial charge in [0.25, 0.3) is 0 Å². The Labute approximate surface area is 114 Å². The number of nitrogens with zero attached hydrogens (tertiary/aromatic N) is 3. The van der Waals surface area contributed by atoms with Gasteiger partial charge >= 0.3 is 0 Å². The molecule has 5 nitrogen and oxygen atoms in total. The van der Waals surface area contributed by atoms with Crippen LogP contribution in [0.5, 0.6) is 0 Å². The first-order valence-corrected chi connectivity index (χ1v) is 6.37. The van der Waals surface area contributed by atoms with Gasteiger partial charge in [-0.25, -0.2) is 9.50 Å². The first-order valence-electron chi connectivity index (χ1n) is 6.37. The molecule has 5 heteroatoms. The van der Waals surface area contributed by atoms with E-state index in [1.165, 1.54) is 0 Å². The molecule has 2 N–H and O–H groups in total. The molecule has 0 aliphatic carbocycles. The van der Waals surface area contributed by atoms with Crippen molar-refractivity contribution >= 4 is 16.6 Å². The molecular formula is C15H12N4O. The van der Waals surface area contributed by atoms with Crippen LogP contribution in [0, 0.1) is 0 Å². The lowest BCUT2D eigenvalue weighted by atomic mass is 10.1. The van der Waals surface area contributed by atoms with Crippen LogP contribution in [0.4, 0.5) is 0 Å². The summed E-state index contributed by atoms with van der Waals surface area (Å²) in [5.74, 6) is 0. The Morgan fingerprint density at radius 3 is 2.95 bits per heavy atom. The Hall–Kier alpha value is -2.66. The molecule has 0 saturated carbocycles. The maximum Gasteiger partial charge on any atom is 0.153 e. The molecule has 3 heterocycles. The molecule has 0 atom stereocenters. The summed E-state index contributed by atoms with van der Waals surface area (Å²) in [7, 11) is 0. The largest absolute Gasteiger partial charge is 0.464 e. The van der Waals surface area contributed by atoms with Gasteiger partial charge in [-0.15, -0.1) is 0 Å². The van der Waals surface area contributed by atoms with Gasteiger partial charge in [-0.2, -0.15) is 5.10 Å². The van der Waals surface area contributed by atoms with Crippen molar-refractivity contribution in [3.8, 4) is 11.3 Å². The molecule has 4 aromatic rings. The van der Waals surface area contributed by atoms with Crippen LogP contribution in [-0.2, 0) is 6.54 Å². The third-order valence-electron chi connectivity index (χ3n) is 3.34. The van der Waals surface area contributed by atoms with Crippen LogP contribution in [0.15, 0.2) is 53.3 Å². The van der Waals surface area contributed by atoms with Crippen molar-refractivity contribution in [3.05, 3.63) is 54.6 Å². The number of hydrogen-bond acceptors (Lipinski definition) is 4. The average molecular weight is 264 g/mol. The molecule has 0 fully saturated rings. The molecule has 0 unspecified atom stereocenters. The summed E-state index contributed by atoms with van der Waals surface area (Å²) in [6.07, 6.45) is 3.58. The SMILES string of the molecule is NCc1cn2nc(-c3coc4ccccc34)ccc2n1. The molecule has 0 spiro atoms. The number of furan rings is 1. The van der Waals surface area contributed by atoms with Crippen LogP contribution in [0.1, 0.15) is 5.69 Å². The number of aromatic nitrogens is 3. The number of rotatable bonds is 2. The van der Waals surface area contributed by atoms with E-state index in [1.54, 1.807) is 10.8 Å². The summed E-state index contributed by atoms with van der Waals surface area (Å²) >= 11 is 0. The topological polar surface area (TPSA) is 69.3 Å². The minimum absolute atomic E-state index is 0.410. The van der Waals surface area contributed by atoms with E-state index in [4.69, 9.17) is 10.2 Å². The highest BCUT2D eigenvalue weighted by molar-refractivity contribution is 5.92. The zero-order chi connectivity index (χ0) is 13.5. The molecule has 20 heavy (non-hydrogen) atoms. The van der Waals surface area contributed by atoms with Gasteiger partial charge < -0.3 is 10.2 Å². The fourth-order valence-electron chi connectivity index (χ4n) is 2.35. The molecule has 4 rings (SSSR count). The van der Waals surface area contributed by atoms with E-state index < -0.39 is 0 Å². The lowest BCUT2D eigenvalue weighted by molar-refractivity contribution is 0.616.